The molecule has 0 saturated carbocycles. The first-order chi connectivity index (χ1) is 13.6. The molecule has 0 aliphatic heterocycles. The fraction of sp³-hybridized carbons (Fsp3) is 0.231. The van der Waals surface area contributed by atoms with Crippen LogP contribution in [-0.4, -0.2) is 0 Å². The van der Waals surface area contributed by atoms with Gasteiger partial charge in [-0.15, -0.1) is 0 Å². The molecule has 0 aliphatic rings. The van der Waals surface area contributed by atoms with Crippen LogP contribution in [0.2, 0.25) is 0 Å². The number of hydrogen-bond acceptors (Lipinski definition) is 0. The van der Waals surface area contributed by atoms with Crippen LogP contribution >= 0.6 is 0 Å². The van der Waals surface area contributed by atoms with E-state index in [9.17, 15) is 8.78 Å². The average Bonchev–Trinajstić information content (AvgIpc) is 2.71. The normalized spacial score (nSPS) is 12.4. The molecule has 0 aromatic heterocycles. The number of halogens is 2. The summed E-state index contributed by atoms with van der Waals surface area (Å²) in [5.74, 6) is -0.478. The summed E-state index contributed by atoms with van der Waals surface area (Å²) in [6.45, 7) is 4.14. The Morgan fingerprint density at radius 1 is 0.821 bits per heavy atom. The van der Waals surface area contributed by atoms with Gasteiger partial charge in [-0.25, -0.2) is 8.78 Å². The minimum Gasteiger partial charge on any atom is -0.207 e. The summed E-state index contributed by atoms with van der Waals surface area (Å²) >= 11 is 0. The molecule has 0 heterocycles. The lowest BCUT2D eigenvalue weighted by atomic mass is 9.93. The van der Waals surface area contributed by atoms with E-state index in [1.54, 1.807) is 6.08 Å². The first-order valence-corrected chi connectivity index (χ1v) is 9.86. The topological polar surface area (TPSA) is 0 Å². The standard InChI is InChI=1S/C26H26F2/c1-3-7-24-25(27)17-22(18-26(24)28)15-12-20-10-13-21(14-11-20)16-19(2)23-8-5-4-6-9-23/h4-6,8-15,17-19H,3,7,16H2,1-2H3/t19-/m0/s1. The van der Waals surface area contributed by atoms with Crippen LogP contribution in [0.1, 0.15) is 54.0 Å². The number of rotatable bonds is 7. The molecule has 0 spiro atoms. The fourth-order valence-corrected chi connectivity index (χ4v) is 3.42. The highest BCUT2D eigenvalue weighted by molar-refractivity contribution is 5.69. The van der Waals surface area contributed by atoms with Crippen molar-refractivity contribution in [2.24, 2.45) is 0 Å². The van der Waals surface area contributed by atoms with E-state index in [1.807, 2.05) is 31.2 Å². The second-order valence-corrected chi connectivity index (χ2v) is 7.30. The van der Waals surface area contributed by atoms with Crippen LogP contribution in [0.3, 0.4) is 0 Å². The van der Waals surface area contributed by atoms with Crippen molar-refractivity contribution in [1.29, 1.82) is 0 Å². The number of hydrogen-bond donors (Lipinski definition) is 0. The Balaban J connectivity index is 1.67. The van der Waals surface area contributed by atoms with Crippen LogP contribution in [0, 0.1) is 11.6 Å². The van der Waals surface area contributed by atoms with E-state index in [0.717, 1.165) is 18.4 Å². The van der Waals surface area contributed by atoms with Gasteiger partial charge in [0.05, 0.1) is 0 Å². The maximum atomic E-state index is 14.1. The fourth-order valence-electron chi connectivity index (χ4n) is 3.42. The van der Waals surface area contributed by atoms with Crippen molar-refractivity contribution in [2.75, 3.05) is 0 Å². The summed E-state index contributed by atoms with van der Waals surface area (Å²) in [5, 5.41) is 0. The van der Waals surface area contributed by atoms with Crippen LogP contribution in [-0.2, 0) is 12.8 Å². The Labute approximate surface area is 166 Å². The highest BCUT2D eigenvalue weighted by atomic mass is 19.1. The summed E-state index contributed by atoms with van der Waals surface area (Å²) in [7, 11) is 0. The molecule has 0 radical (unpaired) electrons. The van der Waals surface area contributed by atoms with Gasteiger partial charge in [-0.1, -0.05) is 87.0 Å². The summed E-state index contributed by atoms with van der Waals surface area (Å²) in [6, 6.07) is 21.6. The van der Waals surface area contributed by atoms with Gasteiger partial charge in [-0.3, -0.25) is 0 Å². The van der Waals surface area contributed by atoms with Crippen molar-refractivity contribution in [3.05, 3.63) is 106 Å². The van der Waals surface area contributed by atoms with E-state index in [4.69, 9.17) is 0 Å². The van der Waals surface area contributed by atoms with E-state index in [1.165, 1.54) is 23.3 Å². The van der Waals surface area contributed by atoms with Gasteiger partial charge in [0.2, 0.25) is 0 Å². The van der Waals surface area contributed by atoms with Gasteiger partial charge < -0.3 is 0 Å². The molecule has 0 bridgehead atoms. The molecule has 0 unspecified atom stereocenters. The van der Waals surface area contributed by atoms with Crippen molar-refractivity contribution in [3.63, 3.8) is 0 Å². The molecular formula is C26H26F2. The molecule has 0 fully saturated rings. The van der Waals surface area contributed by atoms with E-state index in [-0.39, 0.29) is 5.56 Å². The third kappa shape index (κ3) is 5.16. The van der Waals surface area contributed by atoms with Crippen molar-refractivity contribution in [3.8, 4) is 0 Å². The zero-order chi connectivity index (χ0) is 19.9. The molecular weight excluding hydrogens is 350 g/mol. The highest BCUT2D eigenvalue weighted by Crippen LogP contribution is 2.22. The first kappa shape index (κ1) is 20.0. The lowest BCUT2D eigenvalue weighted by molar-refractivity contribution is 0.552. The summed E-state index contributed by atoms with van der Waals surface area (Å²) < 4.78 is 28.1. The smallest absolute Gasteiger partial charge is 0.129 e. The van der Waals surface area contributed by atoms with E-state index < -0.39 is 11.6 Å². The molecule has 3 aromatic rings. The molecule has 3 aromatic carbocycles. The van der Waals surface area contributed by atoms with Crippen LogP contribution in [0.15, 0.2) is 66.7 Å². The third-order valence-electron chi connectivity index (χ3n) is 5.02. The minimum atomic E-state index is -0.466. The monoisotopic (exact) mass is 376 g/mol. The Bertz CT molecular complexity index is 901. The molecule has 144 valence electrons. The first-order valence-electron chi connectivity index (χ1n) is 9.86. The van der Waals surface area contributed by atoms with Crippen LogP contribution in [0.25, 0.3) is 12.2 Å². The van der Waals surface area contributed by atoms with Gasteiger partial charge in [0.15, 0.2) is 0 Å². The highest BCUT2D eigenvalue weighted by Gasteiger charge is 2.09. The molecule has 0 N–H and O–H groups in total. The molecule has 2 heteroatoms. The molecule has 3 rings (SSSR count). The van der Waals surface area contributed by atoms with Crippen LogP contribution in [0.4, 0.5) is 8.78 Å². The van der Waals surface area contributed by atoms with Gasteiger partial charge >= 0.3 is 0 Å². The zero-order valence-electron chi connectivity index (χ0n) is 16.5. The van der Waals surface area contributed by atoms with Crippen LogP contribution < -0.4 is 0 Å². The third-order valence-corrected chi connectivity index (χ3v) is 5.02. The maximum Gasteiger partial charge on any atom is 0.129 e. The second kappa shape index (κ2) is 9.45. The average molecular weight is 376 g/mol. The Kier molecular flexibility index (Phi) is 6.76. The largest absolute Gasteiger partial charge is 0.207 e. The van der Waals surface area contributed by atoms with E-state index in [2.05, 4.69) is 43.3 Å². The van der Waals surface area contributed by atoms with Gasteiger partial charge in [0, 0.05) is 5.56 Å². The molecule has 0 amide bonds. The van der Waals surface area contributed by atoms with E-state index in [0.29, 0.717) is 17.9 Å². The van der Waals surface area contributed by atoms with Gasteiger partial charge in [-0.2, -0.15) is 0 Å². The van der Waals surface area contributed by atoms with Crippen molar-refractivity contribution < 1.29 is 8.78 Å². The van der Waals surface area contributed by atoms with E-state index >= 15 is 0 Å². The zero-order valence-corrected chi connectivity index (χ0v) is 16.5. The van der Waals surface area contributed by atoms with Crippen LogP contribution in [0.5, 0.6) is 0 Å². The molecule has 0 saturated heterocycles. The van der Waals surface area contributed by atoms with Gasteiger partial charge in [0.1, 0.15) is 11.6 Å². The van der Waals surface area contributed by atoms with Gasteiger partial charge in [-0.05, 0) is 53.1 Å². The van der Waals surface area contributed by atoms with Crippen molar-refractivity contribution in [1.82, 2.24) is 0 Å². The predicted molar refractivity (Wildman–Crippen MR) is 114 cm³/mol. The lowest BCUT2D eigenvalue weighted by Gasteiger charge is -2.12. The number of benzene rings is 3. The molecule has 28 heavy (non-hydrogen) atoms. The molecule has 1 atom stereocenters. The SMILES string of the molecule is CCCc1c(F)cc(C=Cc2ccc(C[C@H](C)c3ccccc3)cc2)cc1F. The summed E-state index contributed by atoms with van der Waals surface area (Å²) in [4.78, 5) is 0. The summed E-state index contributed by atoms with van der Waals surface area (Å²) in [5.41, 5.74) is 4.33. The predicted octanol–water partition coefficient (Wildman–Crippen LogP) is 7.43. The minimum absolute atomic E-state index is 0.177. The Hall–Kier alpha value is -2.74. The Morgan fingerprint density at radius 3 is 2.04 bits per heavy atom. The second-order valence-electron chi connectivity index (χ2n) is 7.30. The van der Waals surface area contributed by atoms with Gasteiger partial charge in [0.25, 0.3) is 0 Å². The summed E-state index contributed by atoms with van der Waals surface area (Å²) in [6.07, 6.45) is 5.76. The molecule has 0 aliphatic carbocycles. The Morgan fingerprint density at radius 2 is 1.43 bits per heavy atom. The lowest BCUT2D eigenvalue weighted by Crippen LogP contribution is -1.98. The van der Waals surface area contributed by atoms with Crippen molar-refractivity contribution in [2.45, 2.75) is 39.0 Å². The maximum absolute atomic E-state index is 14.1. The van der Waals surface area contributed by atoms with Crippen molar-refractivity contribution >= 4 is 12.2 Å². The molecule has 0 nitrogen and oxygen atoms in total. The quantitative estimate of drug-likeness (QED) is 0.376.